The maximum absolute atomic E-state index is 6.47. The van der Waals surface area contributed by atoms with Crippen LogP contribution in [0.25, 0.3) is 88.3 Å². The fraction of sp³-hybridized carbons (Fsp3) is 0.0492. The maximum atomic E-state index is 6.47. The fourth-order valence-corrected chi connectivity index (χ4v) is 10.1. The molecule has 0 saturated heterocycles. The molecule has 0 atom stereocenters. The average Bonchev–Trinajstić information content (AvgIpc) is 3.83. The van der Waals surface area contributed by atoms with E-state index in [9.17, 15) is 0 Å². The summed E-state index contributed by atoms with van der Waals surface area (Å²) in [5.41, 5.74) is 19.8. The van der Waals surface area contributed by atoms with Crippen LogP contribution in [0.15, 0.2) is 229 Å². The summed E-state index contributed by atoms with van der Waals surface area (Å²) in [4.78, 5) is 2.40. The van der Waals surface area contributed by atoms with Crippen LogP contribution in [0.3, 0.4) is 0 Å². The van der Waals surface area contributed by atoms with Crippen molar-refractivity contribution in [3.05, 3.63) is 236 Å². The smallest absolute Gasteiger partial charge is 0.143 e. The normalized spacial score (nSPS) is 12.7. The predicted molar refractivity (Wildman–Crippen MR) is 265 cm³/mol. The van der Waals surface area contributed by atoms with Crippen molar-refractivity contribution in [3.8, 4) is 55.6 Å². The largest absolute Gasteiger partial charge is 0.455 e. The van der Waals surface area contributed by atoms with E-state index < -0.39 is 0 Å². The van der Waals surface area contributed by atoms with Crippen LogP contribution in [0, 0.1) is 0 Å². The highest BCUT2D eigenvalue weighted by Crippen LogP contribution is 2.52. The first kappa shape index (κ1) is 36.9. The first-order valence-corrected chi connectivity index (χ1v) is 21.8. The minimum absolute atomic E-state index is 0.193. The molecule has 11 aromatic rings. The first-order valence-electron chi connectivity index (χ1n) is 21.8. The minimum Gasteiger partial charge on any atom is -0.455 e. The summed E-state index contributed by atoms with van der Waals surface area (Å²) >= 11 is 0. The van der Waals surface area contributed by atoms with Gasteiger partial charge in [-0.15, -0.1) is 0 Å². The molecule has 1 aliphatic rings. The molecular formula is C61H43NO. The monoisotopic (exact) mass is 805 g/mol. The van der Waals surface area contributed by atoms with Crippen molar-refractivity contribution >= 4 is 49.8 Å². The standard InChI is InChI=1S/C61H43NO/c1-61(2)57-38-44(40-14-4-3-5-15-40)30-36-53(57)54-37-35-47(39-58(54)61)62(46-33-28-43(29-34-46)50-22-13-24-56-55-21-10-11-25-59(55)63-60(50)56)45-31-26-42(27-32-45)49-19-8-9-20-51(49)52-23-12-17-41-16-6-7-18-48(41)52/h3-39H,1-2H3. The number of hydrogen-bond donors (Lipinski definition) is 0. The molecule has 2 nitrogen and oxygen atoms in total. The minimum atomic E-state index is -0.193. The van der Waals surface area contributed by atoms with E-state index in [1.165, 1.54) is 66.4 Å². The zero-order valence-electron chi connectivity index (χ0n) is 35.2. The third kappa shape index (κ3) is 6.09. The molecule has 0 amide bonds. The highest BCUT2D eigenvalue weighted by molar-refractivity contribution is 6.09. The van der Waals surface area contributed by atoms with Gasteiger partial charge >= 0.3 is 0 Å². The van der Waals surface area contributed by atoms with E-state index in [0.717, 1.165) is 50.1 Å². The highest BCUT2D eigenvalue weighted by Gasteiger charge is 2.36. The van der Waals surface area contributed by atoms with Crippen LogP contribution in [-0.2, 0) is 5.41 Å². The number of furan rings is 1. The second-order valence-corrected chi connectivity index (χ2v) is 17.3. The Morgan fingerprint density at radius 3 is 1.63 bits per heavy atom. The summed E-state index contributed by atoms with van der Waals surface area (Å²) < 4.78 is 6.47. The predicted octanol–water partition coefficient (Wildman–Crippen LogP) is 17.2. The second-order valence-electron chi connectivity index (χ2n) is 17.3. The van der Waals surface area contributed by atoms with Gasteiger partial charge in [-0.05, 0) is 121 Å². The molecule has 0 saturated carbocycles. The van der Waals surface area contributed by atoms with Crippen LogP contribution in [0.5, 0.6) is 0 Å². The molecule has 1 heterocycles. The zero-order valence-corrected chi connectivity index (χ0v) is 35.2. The number of para-hydroxylation sites is 2. The summed E-state index contributed by atoms with van der Waals surface area (Å²) in [5, 5.41) is 4.77. The number of fused-ring (bicyclic) bond motifs is 7. The molecule has 12 rings (SSSR count). The van der Waals surface area contributed by atoms with E-state index >= 15 is 0 Å². The van der Waals surface area contributed by atoms with Crippen LogP contribution in [0.4, 0.5) is 17.1 Å². The highest BCUT2D eigenvalue weighted by atomic mass is 16.3. The lowest BCUT2D eigenvalue weighted by atomic mass is 9.81. The van der Waals surface area contributed by atoms with Gasteiger partial charge in [-0.2, -0.15) is 0 Å². The molecule has 0 N–H and O–H groups in total. The van der Waals surface area contributed by atoms with Crippen LogP contribution in [-0.4, -0.2) is 0 Å². The van der Waals surface area contributed by atoms with E-state index in [1.54, 1.807) is 0 Å². The van der Waals surface area contributed by atoms with Gasteiger partial charge in [0, 0.05) is 38.8 Å². The lowest BCUT2D eigenvalue weighted by Gasteiger charge is -2.28. The van der Waals surface area contributed by atoms with Gasteiger partial charge < -0.3 is 9.32 Å². The van der Waals surface area contributed by atoms with Gasteiger partial charge in [-0.1, -0.05) is 190 Å². The van der Waals surface area contributed by atoms with Crippen LogP contribution >= 0.6 is 0 Å². The molecule has 0 bridgehead atoms. The Hall–Kier alpha value is -7.94. The molecule has 1 aliphatic carbocycles. The Kier molecular flexibility index (Phi) is 8.55. The molecule has 0 radical (unpaired) electrons. The molecule has 0 spiro atoms. The number of nitrogens with zero attached hydrogens (tertiary/aromatic N) is 1. The average molecular weight is 806 g/mol. The summed E-state index contributed by atoms with van der Waals surface area (Å²) in [5.74, 6) is 0. The number of rotatable bonds is 7. The Morgan fingerprint density at radius 2 is 0.857 bits per heavy atom. The SMILES string of the molecule is CC1(C)c2cc(-c3ccccc3)ccc2-c2ccc(N(c3ccc(-c4ccccc4-c4cccc5ccccc45)cc3)c3ccc(-c4cccc5c4oc4ccccc45)cc3)cc21. The van der Waals surface area contributed by atoms with Crippen molar-refractivity contribution in [1.29, 1.82) is 0 Å². The lowest BCUT2D eigenvalue weighted by Crippen LogP contribution is -2.16. The van der Waals surface area contributed by atoms with Crippen molar-refractivity contribution in [3.63, 3.8) is 0 Å². The quantitative estimate of drug-likeness (QED) is 0.160. The Balaban J connectivity index is 0.968. The number of anilines is 3. The van der Waals surface area contributed by atoms with Crippen LogP contribution < -0.4 is 4.90 Å². The number of hydrogen-bond acceptors (Lipinski definition) is 2. The third-order valence-electron chi connectivity index (χ3n) is 13.3. The van der Waals surface area contributed by atoms with E-state index in [-0.39, 0.29) is 5.41 Å². The van der Waals surface area contributed by atoms with E-state index in [0.29, 0.717) is 0 Å². The van der Waals surface area contributed by atoms with Gasteiger partial charge in [0.2, 0.25) is 0 Å². The Morgan fingerprint density at radius 1 is 0.333 bits per heavy atom. The Bertz CT molecular complexity index is 3520. The molecule has 298 valence electrons. The zero-order chi connectivity index (χ0) is 42.1. The Labute approximate surface area is 368 Å². The van der Waals surface area contributed by atoms with Gasteiger partial charge in [-0.25, -0.2) is 0 Å². The summed E-state index contributed by atoms with van der Waals surface area (Å²) in [7, 11) is 0. The summed E-state index contributed by atoms with van der Waals surface area (Å²) in [6, 6.07) is 81.6. The molecule has 0 aliphatic heterocycles. The van der Waals surface area contributed by atoms with E-state index in [4.69, 9.17) is 4.42 Å². The van der Waals surface area contributed by atoms with Crippen molar-refractivity contribution in [1.82, 2.24) is 0 Å². The van der Waals surface area contributed by atoms with Crippen LogP contribution in [0.2, 0.25) is 0 Å². The van der Waals surface area contributed by atoms with E-state index in [1.807, 2.05) is 12.1 Å². The first-order chi connectivity index (χ1) is 31.0. The van der Waals surface area contributed by atoms with Crippen molar-refractivity contribution in [2.24, 2.45) is 0 Å². The molecule has 2 heteroatoms. The molecule has 1 aromatic heterocycles. The number of benzene rings is 10. The van der Waals surface area contributed by atoms with Gasteiger partial charge in [0.05, 0.1) is 0 Å². The van der Waals surface area contributed by atoms with E-state index in [2.05, 4.69) is 231 Å². The van der Waals surface area contributed by atoms with Gasteiger partial charge in [0.15, 0.2) is 0 Å². The van der Waals surface area contributed by atoms with Crippen molar-refractivity contribution < 1.29 is 4.42 Å². The van der Waals surface area contributed by atoms with Crippen molar-refractivity contribution in [2.75, 3.05) is 4.90 Å². The van der Waals surface area contributed by atoms with Gasteiger partial charge in [0.25, 0.3) is 0 Å². The summed E-state index contributed by atoms with van der Waals surface area (Å²) in [6.45, 7) is 4.74. The summed E-state index contributed by atoms with van der Waals surface area (Å²) in [6.07, 6.45) is 0. The molecule has 63 heavy (non-hydrogen) atoms. The molecule has 10 aromatic carbocycles. The lowest BCUT2D eigenvalue weighted by molar-refractivity contribution is 0.660. The fourth-order valence-electron chi connectivity index (χ4n) is 10.1. The van der Waals surface area contributed by atoms with Crippen molar-refractivity contribution in [2.45, 2.75) is 19.3 Å². The third-order valence-corrected chi connectivity index (χ3v) is 13.3. The molecule has 0 fully saturated rings. The molecular weight excluding hydrogens is 763 g/mol. The second kappa shape index (κ2) is 14.6. The van der Waals surface area contributed by atoms with Gasteiger partial charge in [0.1, 0.15) is 11.2 Å². The van der Waals surface area contributed by atoms with Gasteiger partial charge in [-0.3, -0.25) is 0 Å². The maximum Gasteiger partial charge on any atom is 0.143 e. The molecule has 0 unspecified atom stereocenters. The topological polar surface area (TPSA) is 16.4 Å². The van der Waals surface area contributed by atoms with Crippen LogP contribution in [0.1, 0.15) is 25.0 Å².